The van der Waals surface area contributed by atoms with E-state index in [1.165, 1.54) is 77.4 Å². The van der Waals surface area contributed by atoms with Gasteiger partial charge in [0.25, 0.3) is 0 Å². The fourth-order valence-electron chi connectivity index (χ4n) is 3.09. The first-order chi connectivity index (χ1) is 10.4. The molecule has 0 unspecified atom stereocenters. The maximum absolute atomic E-state index is 4.30. The van der Waals surface area contributed by atoms with E-state index in [1.807, 2.05) is 7.05 Å². The monoisotopic (exact) mass is 294 g/mol. The van der Waals surface area contributed by atoms with Gasteiger partial charge in [-0.15, -0.1) is 0 Å². The molecule has 4 heteroatoms. The van der Waals surface area contributed by atoms with Crippen LogP contribution in [-0.2, 0) is 0 Å². The van der Waals surface area contributed by atoms with E-state index in [9.17, 15) is 0 Å². The molecule has 0 radical (unpaired) electrons. The molecule has 0 bridgehead atoms. The lowest BCUT2D eigenvalue weighted by atomic mass is 10.2. The molecule has 2 fully saturated rings. The van der Waals surface area contributed by atoms with Crippen molar-refractivity contribution in [2.45, 2.75) is 57.8 Å². The predicted octanol–water partition coefficient (Wildman–Crippen LogP) is 2.61. The molecule has 0 spiro atoms. The standard InChI is InChI=1S/C17H34N4/c1-18-17(19-11-6-8-16-9-10-16)20-12-7-15-21-13-4-2-3-5-14-21/h16H,2-15H2,1H3,(H2,18,19,20). The lowest BCUT2D eigenvalue weighted by Crippen LogP contribution is -2.39. The third-order valence-electron chi connectivity index (χ3n) is 4.64. The third-order valence-corrected chi connectivity index (χ3v) is 4.64. The van der Waals surface area contributed by atoms with E-state index < -0.39 is 0 Å². The van der Waals surface area contributed by atoms with E-state index in [0.29, 0.717) is 0 Å². The summed E-state index contributed by atoms with van der Waals surface area (Å²) in [5.74, 6) is 2.01. The van der Waals surface area contributed by atoms with Crippen LogP contribution in [0.2, 0.25) is 0 Å². The maximum Gasteiger partial charge on any atom is 0.190 e. The Labute approximate surface area is 130 Å². The van der Waals surface area contributed by atoms with Crippen molar-refractivity contribution in [2.75, 3.05) is 39.8 Å². The second kappa shape index (κ2) is 10.0. The quantitative estimate of drug-likeness (QED) is 0.411. The average Bonchev–Trinajstić information content (AvgIpc) is 3.33. The van der Waals surface area contributed by atoms with Crippen LogP contribution in [0.4, 0.5) is 0 Å². The predicted molar refractivity (Wildman–Crippen MR) is 90.8 cm³/mol. The first-order valence-corrected chi connectivity index (χ1v) is 9.05. The Morgan fingerprint density at radius 3 is 2.29 bits per heavy atom. The molecule has 0 atom stereocenters. The van der Waals surface area contributed by atoms with Crippen molar-refractivity contribution in [1.29, 1.82) is 0 Å². The summed E-state index contributed by atoms with van der Waals surface area (Å²) in [6.07, 6.45) is 12.4. The summed E-state index contributed by atoms with van der Waals surface area (Å²) < 4.78 is 0. The van der Waals surface area contributed by atoms with Gasteiger partial charge in [0.2, 0.25) is 0 Å². The molecule has 0 aromatic rings. The summed E-state index contributed by atoms with van der Waals surface area (Å²) in [6.45, 7) is 5.91. The normalized spacial score (nSPS) is 21.1. The van der Waals surface area contributed by atoms with Crippen LogP contribution < -0.4 is 10.6 Å². The molecule has 0 aromatic carbocycles. The van der Waals surface area contributed by atoms with E-state index in [1.54, 1.807) is 0 Å². The molecular formula is C17H34N4. The summed E-state index contributed by atoms with van der Waals surface area (Å²) in [6, 6.07) is 0. The molecular weight excluding hydrogens is 260 g/mol. The molecule has 0 amide bonds. The van der Waals surface area contributed by atoms with Crippen LogP contribution in [0, 0.1) is 5.92 Å². The third kappa shape index (κ3) is 7.70. The topological polar surface area (TPSA) is 39.7 Å². The van der Waals surface area contributed by atoms with Crippen molar-refractivity contribution in [3.8, 4) is 0 Å². The van der Waals surface area contributed by atoms with Gasteiger partial charge in [0.15, 0.2) is 5.96 Å². The van der Waals surface area contributed by atoms with Crippen molar-refractivity contribution in [1.82, 2.24) is 15.5 Å². The number of hydrogen-bond acceptors (Lipinski definition) is 2. The number of rotatable bonds is 8. The number of guanidine groups is 1. The van der Waals surface area contributed by atoms with Gasteiger partial charge in [0, 0.05) is 20.1 Å². The maximum atomic E-state index is 4.30. The molecule has 1 saturated heterocycles. The van der Waals surface area contributed by atoms with E-state index in [4.69, 9.17) is 0 Å². The van der Waals surface area contributed by atoms with Crippen LogP contribution in [-0.4, -0.2) is 50.6 Å². The molecule has 1 aliphatic carbocycles. The Morgan fingerprint density at radius 2 is 1.67 bits per heavy atom. The van der Waals surface area contributed by atoms with Gasteiger partial charge < -0.3 is 15.5 Å². The summed E-state index contributed by atoms with van der Waals surface area (Å²) in [5.41, 5.74) is 0. The zero-order chi connectivity index (χ0) is 14.8. The van der Waals surface area contributed by atoms with Gasteiger partial charge in [0.05, 0.1) is 0 Å². The molecule has 1 saturated carbocycles. The van der Waals surface area contributed by atoms with Crippen LogP contribution in [0.25, 0.3) is 0 Å². The van der Waals surface area contributed by atoms with Crippen molar-refractivity contribution in [2.24, 2.45) is 10.9 Å². The number of likely N-dealkylation sites (tertiary alicyclic amines) is 1. The zero-order valence-electron chi connectivity index (χ0n) is 13.9. The van der Waals surface area contributed by atoms with E-state index in [-0.39, 0.29) is 0 Å². The van der Waals surface area contributed by atoms with E-state index in [2.05, 4.69) is 20.5 Å². The first-order valence-electron chi connectivity index (χ1n) is 9.05. The lowest BCUT2D eigenvalue weighted by Gasteiger charge is -2.20. The average molecular weight is 294 g/mol. The van der Waals surface area contributed by atoms with Gasteiger partial charge in [-0.3, -0.25) is 4.99 Å². The molecule has 1 heterocycles. The van der Waals surface area contributed by atoms with Crippen molar-refractivity contribution >= 4 is 5.96 Å². The number of hydrogen-bond donors (Lipinski definition) is 2. The fraction of sp³-hybridized carbons (Fsp3) is 0.941. The van der Waals surface area contributed by atoms with Crippen molar-refractivity contribution in [3.63, 3.8) is 0 Å². The fourth-order valence-corrected chi connectivity index (χ4v) is 3.09. The summed E-state index contributed by atoms with van der Waals surface area (Å²) in [5, 5.41) is 6.87. The zero-order valence-corrected chi connectivity index (χ0v) is 13.9. The van der Waals surface area contributed by atoms with Crippen LogP contribution in [0.5, 0.6) is 0 Å². The van der Waals surface area contributed by atoms with Gasteiger partial charge in [-0.2, -0.15) is 0 Å². The number of nitrogens with zero attached hydrogens (tertiary/aromatic N) is 2. The second-order valence-corrected chi connectivity index (χ2v) is 6.62. The summed E-state index contributed by atoms with van der Waals surface area (Å²) >= 11 is 0. The minimum Gasteiger partial charge on any atom is -0.356 e. The molecule has 122 valence electrons. The van der Waals surface area contributed by atoms with E-state index in [0.717, 1.165) is 25.0 Å². The lowest BCUT2D eigenvalue weighted by molar-refractivity contribution is 0.282. The molecule has 21 heavy (non-hydrogen) atoms. The number of nitrogens with one attached hydrogen (secondary N) is 2. The molecule has 4 nitrogen and oxygen atoms in total. The summed E-state index contributed by atoms with van der Waals surface area (Å²) in [4.78, 5) is 6.93. The largest absolute Gasteiger partial charge is 0.356 e. The van der Waals surface area contributed by atoms with Crippen LogP contribution >= 0.6 is 0 Å². The van der Waals surface area contributed by atoms with Gasteiger partial charge in [-0.25, -0.2) is 0 Å². The highest BCUT2D eigenvalue weighted by Gasteiger charge is 2.19. The molecule has 0 aromatic heterocycles. The Bertz CT molecular complexity index is 291. The Kier molecular flexibility index (Phi) is 7.94. The Morgan fingerprint density at radius 1 is 1.00 bits per heavy atom. The van der Waals surface area contributed by atoms with Gasteiger partial charge in [0.1, 0.15) is 0 Å². The van der Waals surface area contributed by atoms with Crippen LogP contribution in [0.3, 0.4) is 0 Å². The highest BCUT2D eigenvalue weighted by atomic mass is 15.2. The highest BCUT2D eigenvalue weighted by molar-refractivity contribution is 5.79. The van der Waals surface area contributed by atoms with Crippen molar-refractivity contribution < 1.29 is 0 Å². The Balaban J connectivity index is 1.46. The first kappa shape index (κ1) is 16.6. The smallest absolute Gasteiger partial charge is 0.190 e. The van der Waals surface area contributed by atoms with Crippen LogP contribution in [0.15, 0.2) is 4.99 Å². The van der Waals surface area contributed by atoms with Gasteiger partial charge >= 0.3 is 0 Å². The Hall–Kier alpha value is -0.770. The SMILES string of the molecule is CN=C(NCCCC1CC1)NCCCN1CCCCCC1. The van der Waals surface area contributed by atoms with E-state index >= 15 is 0 Å². The highest BCUT2D eigenvalue weighted by Crippen LogP contribution is 2.33. The molecule has 2 rings (SSSR count). The second-order valence-electron chi connectivity index (χ2n) is 6.62. The van der Waals surface area contributed by atoms with Gasteiger partial charge in [-0.1, -0.05) is 25.7 Å². The molecule has 2 N–H and O–H groups in total. The number of aliphatic imine (C=N–C) groups is 1. The van der Waals surface area contributed by atoms with Crippen molar-refractivity contribution in [3.05, 3.63) is 0 Å². The minimum atomic E-state index is 0.974. The van der Waals surface area contributed by atoms with Gasteiger partial charge in [-0.05, 0) is 57.7 Å². The summed E-state index contributed by atoms with van der Waals surface area (Å²) in [7, 11) is 1.87. The molecule has 1 aliphatic heterocycles. The van der Waals surface area contributed by atoms with Crippen LogP contribution in [0.1, 0.15) is 57.8 Å². The molecule has 2 aliphatic rings. The minimum absolute atomic E-state index is 0.974.